The molecule has 1 amide bonds. The van der Waals surface area contributed by atoms with E-state index in [4.69, 9.17) is 5.73 Å². The van der Waals surface area contributed by atoms with E-state index in [1.54, 1.807) is 0 Å². The fourth-order valence-electron chi connectivity index (χ4n) is 1.24. The minimum Gasteiger partial charge on any atom is -0.397 e. The Balaban J connectivity index is 2.25. The van der Waals surface area contributed by atoms with Gasteiger partial charge >= 0.3 is 0 Å². The second kappa shape index (κ2) is 4.01. The third-order valence-corrected chi connectivity index (χ3v) is 2.03. The molecule has 0 fully saturated rings. The summed E-state index contributed by atoms with van der Waals surface area (Å²) in [6.45, 7) is 0. The van der Waals surface area contributed by atoms with Crippen LogP contribution in [0, 0.1) is 5.82 Å². The molecule has 0 saturated heterocycles. The lowest BCUT2D eigenvalue weighted by molar-refractivity contribution is 0.102. The minimum absolute atomic E-state index is 0.0258. The zero-order valence-corrected chi connectivity index (χ0v) is 8.20. The van der Waals surface area contributed by atoms with Crippen LogP contribution < -0.4 is 11.1 Å². The number of nitrogens with one attached hydrogen (secondary N) is 2. The number of H-pyrrole nitrogens is 1. The number of halogens is 1. The second-order valence-corrected chi connectivity index (χ2v) is 3.13. The van der Waals surface area contributed by atoms with Gasteiger partial charge in [0.05, 0.1) is 5.69 Å². The lowest BCUT2D eigenvalue weighted by Crippen LogP contribution is -2.14. The summed E-state index contributed by atoms with van der Waals surface area (Å²) in [7, 11) is 0. The van der Waals surface area contributed by atoms with Crippen LogP contribution in [0.5, 0.6) is 0 Å². The van der Waals surface area contributed by atoms with Crippen LogP contribution in [-0.2, 0) is 0 Å². The molecule has 82 valence electrons. The number of benzene rings is 1. The molecule has 0 aliphatic rings. The molecule has 0 unspecified atom stereocenters. The van der Waals surface area contributed by atoms with Gasteiger partial charge in [-0.05, 0) is 18.2 Å². The van der Waals surface area contributed by atoms with Gasteiger partial charge in [0.1, 0.15) is 17.2 Å². The van der Waals surface area contributed by atoms with Crippen molar-refractivity contribution in [2.24, 2.45) is 0 Å². The van der Waals surface area contributed by atoms with Gasteiger partial charge in [0, 0.05) is 6.20 Å². The number of aromatic nitrogens is 2. The first-order chi connectivity index (χ1) is 7.68. The van der Waals surface area contributed by atoms with Gasteiger partial charge in [0.15, 0.2) is 0 Å². The molecule has 4 N–H and O–H groups in total. The molecule has 0 aliphatic heterocycles. The van der Waals surface area contributed by atoms with Gasteiger partial charge in [-0.3, -0.25) is 9.89 Å². The third kappa shape index (κ3) is 1.85. The van der Waals surface area contributed by atoms with Crippen LogP contribution in [0.3, 0.4) is 0 Å². The van der Waals surface area contributed by atoms with E-state index in [0.29, 0.717) is 0 Å². The van der Waals surface area contributed by atoms with Crippen LogP contribution in [0.15, 0.2) is 30.5 Å². The van der Waals surface area contributed by atoms with Crippen LogP contribution >= 0.6 is 0 Å². The number of nitrogens with zero attached hydrogens (tertiary/aromatic N) is 1. The molecule has 0 saturated carbocycles. The summed E-state index contributed by atoms with van der Waals surface area (Å²) >= 11 is 0. The van der Waals surface area contributed by atoms with Crippen LogP contribution in [-0.4, -0.2) is 16.1 Å². The van der Waals surface area contributed by atoms with Gasteiger partial charge in [-0.15, -0.1) is 0 Å². The Bertz CT molecular complexity index is 489. The number of hydrogen-bond donors (Lipinski definition) is 3. The van der Waals surface area contributed by atoms with E-state index in [-0.39, 0.29) is 17.1 Å². The van der Waals surface area contributed by atoms with Crippen molar-refractivity contribution in [1.82, 2.24) is 10.2 Å². The van der Waals surface area contributed by atoms with E-state index in [0.717, 1.165) is 0 Å². The predicted octanol–water partition coefficient (Wildman–Crippen LogP) is 1.38. The van der Waals surface area contributed by atoms with Crippen molar-refractivity contribution in [2.45, 2.75) is 0 Å². The lowest BCUT2D eigenvalue weighted by Gasteiger charge is -2.07. The number of aromatic amines is 1. The maximum atomic E-state index is 13.3. The number of amides is 1. The van der Waals surface area contributed by atoms with Gasteiger partial charge in [-0.2, -0.15) is 5.10 Å². The zero-order chi connectivity index (χ0) is 11.5. The van der Waals surface area contributed by atoms with E-state index >= 15 is 0 Å². The van der Waals surface area contributed by atoms with Crippen molar-refractivity contribution in [3.8, 4) is 0 Å². The number of rotatable bonds is 2. The molecule has 0 spiro atoms. The number of carbonyl (C=O) groups excluding carboxylic acids is 1. The molecule has 1 aromatic carbocycles. The van der Waals surface area contributed by atoms with E-state index in [1.165, 1.54) is 30.5 Å². The van der Waals surface area contributed by atoms with Crippen molar-refractivity contribution < 1.29 is 9.18 Å². The first kappa shape index (κ1) is 10.2. The Morgan fingerprint density at radius 1 is 1.44 bits per heavy atom. The van der Waals surface area contributed by atoms with Crippen molar-refractivity contribution in [1.29, 1.82) is 0 Å². The van der Waals surface area contributed by atoms with Crippen molar-refractivity contribution in [3.05, 3.63) is 42.0 Å². The number of para-hydroxylation sites is 1. The monoisotopic (exact) mass is 220 g/mol. The molecule has 0 atom stereocenters. The standard InChI is InChI=1S/C10H9FN4O/c11-6-2-1-3-7(12)9(6)14-10(16)8-4-5-13-15-8/h1-5H,12H2,(H,13,15)(H,14,16). The lowest BCUT2D eigenvalue weighted by atomic mass is 10.2. The van der Waals surface area contributed by atoms with Crippen molar-refractivity contribution >= 4 is 17.3 Å². The molecule has 1 heterocycles. The molecule has 2 aromatic rings. The molecule has 6 heteroatoms. The van der Waals surface area contributed by atoms with E-state index < -0.39 is 11.7 Å². The van der Waals surface area contributed by atoms with Gasteiger partial charge in [-0.1, -0.05) is 6.07 Å². The maximum absolute atomic E-state index is 13.3. The largest absolute Gasteiger partial charge is 0.397 e. The molecule has 0 bridgehead atoms. The van der Waals surface area contributed by atoms with Crippen LogP contribution in [0.4, 0.5) is 15.8 Å². The summed E-state index contributed by atoms with van der Waals surface area (Å²) in [5, 5.41) is 8.46. The average molecular weight is 220 g/mol. The fourth-order valence-corrected chi connectivity index (χ4v) is 1.24. The fraction of sp³-hybridized carbons (Fsp3) is 0. The summed E-state index contributed by atoms with van der Waals surface area (Å²) in [6, 6.07) is 5.67. The highest BCUT2D eigenvalue weighted by atomic mass is 19.1. The predicted molar refractivity (Wildman–Crippen MR) is 57.4 cm³/mol. The quantitative estimate of drug-likeness (QED) is 0.668. The Labute approximate surface area is 90.5 Å². The molecule has 0 radical (unpaired) electrons. The number of carbonyl (C=O) groups is 1. The molecular weight excluding hydrogens is 211 g/mol. The van der Waals surface area contributed by atoms with Gasteiger partial charge in [0.25, 0.3) is 5.91 Å². The number of nitrogen functional groups attached to an aromatic ring is 1. The van der Waals surface area contributed by atoms with E-state index in [9.17, 15) is 9.18 Å². The number of hydrogen-bond acceptors (Lipinski definition) is 3. The molecule has 2 rings (SSSR count). The summed E-state index contributed by atoms with van der Waals surface area (Å²) < 4.78 is 13.3. The maximum Gasteiger partial charge on any atom is 0.273 e. The minimum atomic E-state index is -0.576. The Morgan fingerprint density at radius 2 is 2.25 bits per heavy atom. The molecular formula is C10H9FN4O. The Kier molecular flexibility index (Phi) is 2.55. The SMILES string of the molecule is Nc1cccc(F)c1NC(=O)c1ccn[nH]1. The molecule has 0 aliphatic carbocycles. The highest BCUT2D eigenvalue weighted by Gasteiger charge is 2.12. The van der Waals surface area contributed by atoms with Crippen LogP contribution in [0.1, 0.15) is 10.5 Å². The van der Waals surface area contributed by atoms with Crippen molar-refractivity contribution in [3.63, 3.8) is 0 Å². The summed E-state index contributed by atoms with van der Waals surface area (Å²) in [5.74, 6) is -1.07. The summed E-state index contributed by atoms with van der Waals surface area (Å²) in [4.78, 5) is 11.6. The van der Waals surface area contributed by atoms with Gasteiger partial charge in [0.2, 0.25) is 0 Å². The topological polar surface area (TPSA) is 83.8 Å². The third-order valence-electron chi connectivity index (χ3n) is 2.03. The molecule has 16 heavy (non-hydrogen) atoms. The smallest absolute Gasteiger partial charge is 0.273 e. The first-order valence-corrected chi connectivity index (χ1v) is 4.53. The first-order valence-electron chi connectivity index (χ1n) is 4.53. The second-order valence-electron chi connectivity index (χ2n) is 3.13. The Morgan fingerprint density at radius 3 is 2.88 bits per heavy atom. The van der Waals surface area contributed by atoms with E-state index in [1.807, 2.05) is 0 Å². The van der Waals surface area contributed by atoms with Gasteiger partial charge in [-0.25, -0.2) is 4.39 Å². The van der Waals surface area contributed by atoms with E-state index in [2.05, 4.69) is 15.5 Å². The zero-order valence-electron chi connectivity index (χ0n) is 8.20. The number of anilines is 2. The normalized spacial score (nSPS) is 10.1. The average Bonchev–Trinajstić information content (AvgIpc) is 2.76. The number of nitrogens with two attached hydrogens (primary N) is 1. The molecule has 1 aromatic heterocycles. The highest BCUT2D eigenvalue weighted by Crippen LogP contribution is 2.22. The summed E-state index contributed by atoms with van der Waals surface area (Å²) in [6.07, 6.45) is 1.43. The van der Waals surface area contributed by atoms with Crippen LogP contribution in [0.2, 0.25) is 0 Å². The summed E-state index contributed by atoms with van der Waals surface area (Å²) in [5.41, 5.74) is 5.93. The van der Waals surface area contributed by atoms with Crippen LogP contribution in [0.25, 0.3) is 0 Å². The highest BCUT2D eigenvalue weighted by molar-refractivity contribution is 6.04. The molecule has 5 nitrogen and oxygen atoms in total. The Hall–Kier alpha value is -2.37. The van der Waals surface area contributed by atoms with Gasteiger partial charge < -0.3 is 11.1 Å². The van der Waals surface area contributed by atoms with Crippen molar-refractivity contribution in [2.75, 3.05) is 11.1 Å².